The van der Waals surface area contributed by atoms with Crippen LogP contribution in [0.3, 0.4) is 0 Å². The summed E-state index contributed by atoms with van der Waals surface area (Å²) in [5.74, 6) is -1.31. The van der Waals surface area contributed by atoms with Crippen LogP contribution in [-0.2, 0) is 19.6 Å². The number of methoxy groups -OCH3 is 1. The first-order chi connectivity index (χ1) is 8.78. The fourth-order valence-electron chi connectivity index (χ4n) is 1.30. The molecule has 1 aromatic carbocycles. The van der Waals surface area contributed by atoms with E-state index in [1.807, 2.05) is 0 Å². The molecule has 0 spiro atoms. The van der Waals surface area contributed by atoms with E-state index >= 15 is 0 Å². The Morgan fingerprint density at radius 1 is 1.26 bits per heavy atom. The summed E-state index contributed by atoms with van der Waals surface area (Å²) in [5, 5.41) is 0. The standard InChI is InChI=1S/C11H14N2O5S/c1-13(7-10(14)18-2)19(16,17)9-5-3-8(4-6-9)11(12)15/h3-6H,7H2,1-2H3,(H2,12,15). The van der Waals surface area contributed by atoms with Gasteiger partial charge in [-0.15, -0.1) is 0 Å². The highest BCUT2D eigenvalue weighted by molar-refractivity contribution is 7.89. The first-order valence-corrected chi connectivity index (χ1v) is 6.66. The monoisotopic (exact) mass is 286 g/mol. The van der Waals surface area contributed by atoms with Crippen molar-refractivity contribution in [3.05, 3.63) is 29.8 Å². The zero-order valence-corrected chi connectivity index (χ0v) is 11.3. The summed E-state index contributed by atoms with van der Waals surface area (Å²) in [6.45, 7) is -0.392. The van der Waals surface area contributed by atoms with Gasteiger partial charge in [-0.05, 0) is 24.3 Å². The molecule has 0 saturated heterocycles. The van der Waals surface area contributed by atoms with Gasteiger partial charge in [0, 0.05) is 12.6 Å². The van der Waals surface area contributed by atoms with Gasteiger partial charge in [-0.2, -0.15) is 4.31 Å². The Morgan fingerprint density at radius 3 is 2.21 bits per heavy atom. The second-order valence-electron chi connectivity index (χ2n) is 3.73. The summed E-state index contributed by atoms with van der Waals surface area (Å²) in [5.41, 5.74) is 5.26. The number of nitrogens with two attached hydrogens (primary N) is 1. The first-order valence-electron chi connectivity index (χ1n) is 5.22. The third-order valence-corrected chi connectivity index (χ3v) is 4.24. The molecule has 0 saturated carbocycles. The third-order valence-electron chi connectivity index (χ3n) is 2.43. The smallest absolute Gasteiger partial charge is 0.321 e. The molecule has 104 valence electrons. The molecule has 2 N–H and O–H groups in total. The van der Waals surface area contributed by atoms with Gasteiger partial charge < -0.3 is 10.5 Å². The average Bonchev–Trinajstić information content (AvgIpc) is 2.38. The number of nitrogens with zero attached hydrogens (tertiary/aromatic N) is 1. The van der Waals surface area contributed by atoms with Gasteiger partial charge >= 0.3 is 5.97 Å². The van der Waals surface area contributed by atoms with Gasteiger partial charge in [-0.1, -0.05) is 0 Å². The van der Waals surface area contributed by atoms with Crippen molar-refractivity contribution in [1.29, 1.82) is 0 Å². The zero-order chi connectivity index (χ0) is 14.6. The van der Waals surface area contributed by atoms with Crippen LogP contribution in [0, 0.1) is 0 Å². The zero-order valence-electron chi connectivity index (χ0n) is 10.5. The summed E-state index contributed by atoms with van der Waals surface area (Å²) >= 11 is 0. The summed E-state index contributed by atoms with van der Waals surface area (Å²) in [6.07, 6.45) is 0. The molecule has 0 heterocycles. The lowest BCUT2D eigenvalue weighted by Gasteiger charge is -2.15. The normalized spacial score (nSPS) is 11.3. The number of sulfonamides is 1. The van der Waals surface area contributed by atoms with E-state index in [9.17, 15) is 18.0 Å². The SMILES string of the molecule is COC(=O)CN(C)S(=O)(=O)c1ccc(C(N)=O)cc1. The largest absolute Gasteiger partial charge is 0.468 e. The van der Waals surface area contributed by atoms with Crippen LogP contribution < -0.4 is 5.73 Å². The van der Waals surface area contributed by atoms with E-state index < -0.39 is 28.4 Å². The summed E-state index contributed by atoms with van der Waals surface area (Å²) in [7, 11) is -1.38. The second kappa shape index (κ2) is 5.81. The van der Waals surface area contributed by atoms with Crippen LogP contribution in [0.5, 0.6) is 0 Å². The number of amides is 1. The molecule has 0 aromatic heterocycles. The summed E-state index contributed by atoms with van der Waals surface area (Å²) in [6, 6.07) is 5.12. The van der Waals surface area contributed by atoms with Crippen LogP contribution >= 0.6 is 0 Å². The molecule has 0 aliphatic heterocycles. The fourth-order valence-corrected chi connectivity index (χ4v) is 2.42. The van der Waals surface area contributed by atoms with Gasteiger partial charge in [-0.3, -0.25) is 9.59 Å². The van der Waals surface area contributed by atoms with Gasteiger partial charge in [0.1, 0.15) is 6.54 Å². The van der Waals surface area contributed by atoms with E-state index in [1.165, 1.54) is 38.4 Å². The number of carbonyl (C=O) groups is 2. The first kappa shape index (κ1) is 15.1. The van der Waals surface area contributed by atoms with Gasteiger partial charge in [0.2, 0.25) is 15.9 Å². The van der Waals surface area contributed by atoms with Crippen LogP contribution in [0.15, 0.2) is 29.2 Å². The molecule has 8 heteroatoms. The fraction of sp³-hybridized carbons (Fsp3) is 0.273. The second-order valence-corrected chi connectivity index (χ2v) is 5.77. The number of hydrogen-bond donors (Lipinski definition) is 1. The lowest BCUT2D eigenvalue weighted by molar-refractivity contribution is -0.140. The molecule has 0 aliphatic carbocycles. The van der Waals surface area contributed by atoms with Crippen LogP contribution in [0.1, 0.15) is 10.4 Å². The Morgan fingerprint density at radius 2 is 1.79 bits per heavy atom. The number of primary amides is 1. The maximum Gasteiger partial charge on any atom is 0.321 e. The predicted octanol–water partition coefficient (Wildman–Crippen LogP) is -0.421. The molecule has 0 atom stereocenters. The Bertz CT molecular complexity index is 580. The highest BCUT2D eigenvalue weighted by Crippen LogP contribution is 2.15. The molecular formula is C11H14N2O5S. The summed E-state index contributed by atoms with van der Waals surface area (Å²) in [4.78, 5) is 21.9. The molecule has 0 bridgehead atoms. The maximum absolute atomic E-state index is 12.1. The maximum atomic E-state index is 12.1. The van der Waals surface area contributed by atoms with Crippen molar-refractivity contribution in [3.63, 3.8) is 0 Å². The van der Waals surface area contributed by atoms with Crippen LogP contribution in [-0.4, -0.2) is 45.3 Å². The van der Waals surface area contributed by atoms with Gasteiger partial charge in [0.15, 0.2) is 0 Å². The van der Waals surface area contributed by atoms with E-state index in [4.69, 9.17) is 5.73 Å². The van der Waals surface area contributed by atoms with Crippen molar-refractivity contribution < 1.29 is 22.7 Å². The van der Waals surface area contributed by atoms with Crippen LogP contribution in [0.2, 0.25) is 0 Å². The predicted molar refractivity (Wildman–Crippen MR) is 66.8 cm³/mol. The molecular weight excluding hydrogens is 272 g/mol. The van der Waals surface area contributed by atoms with Gasteiger partial charge in [-0.25, -0.2) is 8.42 Å². The average molecular weight is 286 g/mol. The minimum atomic E-state index is -3.81. The van der Waals surface area contributed by atoms with E-state index in [-0.39, 0.29) is 10.5 Å². The molecule has 1 aromatic rings. The lowest BCUT2D eigenvalue weighted by atomic mass is 10.2. The third kappa shape index (κ3) is 3.52. The Hall–Kier alpha value is -1.93. The van der Waals surface area contributed by atoms with E-state index in [0.29, 0.717) is 0 Å². The molecule has 1 rings (SSSR count). The van der Waals surface area contributed by atoms with Crippen molar-refractivity contribution in [2.75, 3.05) is 20.7 Å². The molecule has 0 radical (unpaired) electrons. The Balaban J connectivity index is 3.00. The van der Waals surface area contributed by atoms with Crippen molar-refractivity contribution in [1.82, 2.24) is 4.31 Å². The highest BCUT2D eigenvalue weighted by Gasteiger charge is 2.23. The molecule has 7 nitrogen and oxygen atoms in total. The quantitative estimate of drug-likeness (QED) is 0.740. The van der Waals surface area contributed by atoms with Gasteiger partial charge in [0.05, 0.1) is 12.0 Å². The number of likely N-dealkylation sites (N-methyl/N-ethyl adjacent to an activating group) is 1. The number of carbonyl (C=O) groups excluding carboxylic acids is 2. The molecule has 1 amide bonds. The Kier molecular flexibility index (Phi) is 4.62. The molecule has 19 heavy (non-hydrogen) atoms. The highest BCUT2D eigenvalue weighted by atomic mass is 32.2. The van der Waals surface area contributed by atoms with Crippen molar-refractivity contribution >= 4 is 21.9 Å². The van der Waals surface area contributed by atoms with Crippen LogP contribution in [0.4, 0.5) is 0 Å². The number of benzene rings is 1. The topological polar surface area (TPSA) is 107 Å². The van der Waals surface area contributed by atoms with E-state index in [1.54, 1.807) is 0 Å². The van der Waals surface area contributed by atoms with Crippen molar-refractivity contribution in [2.45, 2.75) is 4.90 Å². The van der Waals surface area contributed by atoms with E-state index in [2.05, 4.69) is 4.74 Å². The van der Waals surface area contributed by atoms with Gasteiger partial charge in [0.25, 0.3) is 0 Å². The lowest BCUT2D eigenvalue weighted by Crippen LogP contribution is -2.32. The molecule has 0 aliphatic rings. The number of rotatable bonds is 5. The Labute approximate surface area is 111 Å². The minimum Gasteiger partial charge on any atom is -0.468 e. The number of ether oxygens (including phenoxy) is 1. The minimum absolute atomic E-state index is 0.0381. The number of esters is 1. The molecule has 0 unspecified atom stereocenters. The summed E-state index contributed by atoms with van der Waals surface area (Å²) < 4.78 is 29.4. The van der Waals surface area contributed by atoms with E-state index in [0.717, 1.165) is 4.31 Å². The van der Waals surface area contributed by atoms with Crippen LogP contribution in [0.25, 0.3) is 0 Å². The molecule has 0 fully saturated rings. The van der Waals surface area contributed by atoms with Crippen molar-refractivity contribution in [2.24, 2.45) is 5.73 Å². The number of hydrogen-bond acceptors (Lipinski definition) is 5. The van der Waals surface area contributed by atoms with Crippen molar-refractivity contribution in [3.8, 4) is 0 Å².